The highest BCUT2D eigenvalue weighted by Gasteiger charge is 2.26. The lowest BCUT2D eigenvalue weighted by Gasteiger charge is -2.31. The molecule has 114 valence electrons. The first-order valence-corrected chi connectivity index (χ1v) is 6.94. The minimum absolute atomic E-state index is 0.0810. The Kier molecular flexibility index (Phi) is 5.94. The summed E-state index contributed by atoms with van der Waals surface area (Å²) in [6, 6.07) is 0. The van der Waals surface area contributed by atoms with Gasteiger partial charge in [-0.2, -0.15) is 5.10 Å². The molecule has 1 amide bonds. The van der Waals surface area contributed by atoms with E-state index >= 15 is 0 Å². The average molecular weight is 284 g/mol. The molecule has 0 saturated carbocycles. The molecular weight excluding hydrogens is 260 g/mol. The Bertz CT molecular complexity index is 488. The van der Waals surface area contributed by atoms with Gasteiger partial charge in [-0.25, -0.2) is 9.48 Å². The van der Waals surface area contributed by atoms with Crippen LogP contribution >= 0.6 is 0 Å². The van der Waals surface area contributed by atoms with Crippen LogP contribution in [0.3, 0.4) is 0 Å². The molecule has 0 aliphatic heterocycles. The topological polar surface area (TPSA) is 89.2 Å². The predicted octanol–water partition coefficient (Wildman–Crippen LogP) is -0.113. The van der Waals surface area contributed by atoms with Crippen molar-refractivity contribution in [3.63, 3.8) is 0 Å². The number of nitrogens with one attached hydrogen (secondary N) is 1. The molecule has 0 bridgehead atoms. The summed E-state index contributed by atoms with van der Waals surface area (Å²) in [6.07, 6.45) is 3.80. The van der Waals surface area contributed by atoms with Crippen molar-refractivity contribution in [1.29, 1.82) is 0 Å². The summed E-state index contributed by atoms with van der Waals surface area (Å²) in [5, 5.41) is 15.8. The Hall–Kier alpha value is -1.63. The first kappa shape index (κ1) is 16.4. The molecule has 1 rings (SSSR count). The van der Waals surface area contributed by atoms with Crippen molar-refractivity contribution in [2.24, 2.45) is 12.5 Å². The van der Waals surface area contributed by atoms with E-state index in [-0.39, 0.29) is 30.2 Å². The molecule has 0 aliphatic rings. The van der Waals surface area contributed by atoms with Crippen LogP contribution in [-0.4, -0.2) is 38.5 Å². The minimum Gasteiger partial charge on any atom is -0.396 e. The fraction of sp³-hybridized carbons (Fsp3) is 0.769. The number of rotatable bonds is 8. The standard InChI is InChI=1S/C13H24N4O3/c1-4-13(5-2,6-7-18)9-14-11(19)8-17-12(20)16(3)10-15-17/h10,18H,4-9H2,1-3H3,(H,14,19). The molecule has 0 unspecified atom stereocenters. The normalized spacial score (nSPS) is 11.6. The zero-order chi connectivity index (χ0) is 15.2. The molecule has 7 heteroatoms. The molecule has 1 heterocycles. The summed E-state index contributed by atoms with van der Waals surface area (Å²) >= 11 is 0. The zero-order valence-electron chi connectivity index (χ0n) is 12.4. The molecule has 2 N–H and O–H groups in total. The number of carbonyl (C=O) groups is 1. The molecule has 0 aliphatic carbocycles. The second kappa shape index (κ2) is 7.23. The molecular formula is C13H24N4O3. The Morgan fingerprint density at radius 1 is 1.45 bits per heavy atom. The molecule has 0 spiro atoms. The number of aliphatic hydroxyl groups is 1. The molecule has 1 aromatic rings. The number of nitrogens with zero attached hydrogens (tertiary/aromatic N) is 3. The van der Waals surface area contributed by atoms with Gasteiger partial charge in [0.05, 0.1) is 0 Å². The van der Waals surface area contributed by atoms with Crippen LogP contribution in [0.1, 0.15) is 33.1 Å². The number of aliphatic hydroxyl groups excluding tert-OH is 1. The molecule has 0 radical (unpaired) electrons. The predicted molar refractivity (Wildman–Crippen MR) is 75.2 cm³/mol. The Balaban J connectivity index is 2.58. The van der Waals surface area contributed by atoms with Crippen LogP contribution in [0.15, 0.2) is 11.1 Å². The molecule has 0 fully saturated rings. The summed E-state index contributed by atoms with van der Waals surface area (Å²) in [6.45, 7) is 4.63. The smallest absolute Gasteiger partial charge is 0.345 e. The average Bonchev–Trinajstić information content (AvgIpc) is 2.75. The zero-order valence-corrected chi connectivity index (χ0v) is 12.4. The molecule has 7 nitrogen and oxygen atoms in total. The van der Waals surface area contributed by atoms with Gasteiger partial charge in [0.25, 0.3) is 0 Å². The van der Waals surface area contributed by atoms with E-state index in [0.717, 1.165) is 17.5 Å². The van der Waals surface area contributed by atoms with Gasteiger partial charge in [0.1, 0.15) is 12.9 Å². The van der Waals surface area contributed by atoms with Crippen LogP contribution in [0, 0.1) is 5.41 Å². The number of aryl methyl sites for hydroxylation is 1. The van der Waals surface area contributed by atoms with Gasteiger partial charge in [-0.3, -0.25) is 9.36 Å². The molecule has 0 aromatic carbocycles. The monoisotopic (exact) mass is 284 g/mol. The van der Waals surface area contributed by atoms with Crippen molar-refractivity contribution >= 4 is 5.91 Å². The van der Waals surface area contributed by atoms with Gasteiger partial charge in [-0.05, 0) is 24.7 Å². The van der Waals surface area contributed by atoms with E-state index < -0.39 is 0 Å². The van der Waals surface area contributed by atoms with Crippen molar-refractivity contribution in [2.75, 3.05) is 13.2 Å². The lowest BCUT2D eigenvalue weighted by atomic mass is 9.79. The maximum Gasteiger partial charge on any atom is 0.345 e. The number of aromatic nitrogens is 3. The summed E-state index contributed by atoms with van der Waals surface area (Å²) in [7, 11) is 1.59. The second-order valence-electron chi connectivity index (χ2n) is 5.14. The van der Waals surface area contributed by atoms with E-state index in [2.05, 4.69) is 24.3 Å². The SMILES string of the molecule is CCC(CC)(CCO)CNC(=O)Cn1ncn(C)c1=O. The van der Waals surface area contributed by atoms with Crippen molar-refractivity contribution in [3.05, 3.63) is 16.8 Å². The molecule has 0 saturated heterocycles. The van der Waals surface area contributed by atoms with Crippen LogP contribution in [0.5, 0.6) is 0 Å². The third kappa shape index (κ3) is 3.93. The lowest BCUT2D eigenvalue weighted by Crippen LogP contribution is -2.40. The van der Waals surface area contributed by atoms with Gasteiger partial charge >= 0.3 is 5.69 Å². The van der Waals surface area contributed by atoms with Gasteiger partial charge < -0.3 is 10.4 Å². The van der Waals surface area contributed by atoms with Crippen molar-refractivity contribution in [1.82, 2.24) is 19.7 Å². The largest absolute Gasteiger partial charge is 0.396 e. The Labute approximate surface area is 118 Å². The number of hydrogen-bond donors (Lipinski definition) is 2. The van der Waals surface area contributed by atoms with E-state index in [4.69, 9.17) is 5.11 Å². The fourth-order valence-corrected chi connectivity index (χ4v) is 2.19. The second-order valence-corrected chi connectivity index (χ2v) is 5.14. The van der Waals surface area contributed by atoms with Crippen LogP contribution in [0.4, 0.5) is 0 Å². The first-order chi connectivity index (χ1) is 9.48. The van der Waals surface area contributed by atoms with Gasteiger partial charge in [0.15, 0.2) is 0 Å². The third-order valence-corrected chi connectivity index (χ3v) is 3.98. The fourth-order valence-electron chi connectivity index (χ4n) is 2.19. The van der Waals surface area contributed by atoms with E-state index in [1.54, 1.807) is 7.05 Å². The van der Waals surface area contributed by atoms with E-state index in [1.807, 2.05) is 0 Å². The van der Waals surface area contributed by atoms with Gasteiger partial charge in [-0.15, -0.1) is 0 Å². The van der Waals surface area contributed by atoms with Crippen molar-refractivity contribution in [3.8, 4) is 0 Å². The van der Waals surface area contributed by atoms with Crippen LogP contribution in [0.2, 0.25) is 0 Å². The number of hydrogen-bond acceptors (Lipinski definition) is 4. The maximum atomic E-state index is 11.9. The van der Waals surface area contributed by atoms with Gasteiger partial charge in [0, 0.05) is 20.2 Å². The Morgan fingerprint density at radius 2 is 2.10 bits per heavy atom. The highest BCUT2D eigenvalue weighted by molar-refractivity contribution is 5.75. The van der Waals surface area contributed by atoms with Crippen molar-refractivity contribution in [2.45, 2.75) is 39.7 Å². The highest BCUT2D eigenvalue weighted by Crippen LogP contribution is 2.29. The highest BCUT2D eigenvalue weighted by atomic mass is 16.3. The van der Waals surface area contributed by atoms with E-state index in [0.29, 0.717) is 13.0 Å². The van der Waals surface area contributed by atoms with Gasteiger partial charge in [0.2, 0.25) is 5.91 Å². The molecule has 0 atom stereocenters. The minimum atomic E-state index is -0.312. The van der Waals surface area contributed by atoms with Crippen LogP contribution in [0.25, 0.3) is 0 Å². The number of amides is 1. The maximum absolute atomic E-state index is 11.9. The summed E-state index contributed by atoms with van der Waals surface area (Å²) in [5.41, 5.74) is -0.396. The van der Waals surface area contributed by atoms with Gasteiger partial charge in [-0.1, -0.05) is 13.8 Å². The van der Waals surface area contributed by atoms with Crippen molar-refractivity contribution < 1.29 is 9.90 Å². The molecule has 20 heavy (non-hydrogen) atoms. The van der Waals surface area contributed by atoms with Crippen LogP contribution in [-0.2, 0) is 18.4 Å². The summed E-state index contributed by atoms with van der Waals surface area (Å²) in [5.74, 6) is -0.241. The van der Waals surface area contributed by atoms with Crippen LogP contribution < -0.4 is 11.0 Å². The quantitative estimate of drug-likeness (QED) is 0.697. The lowest BCUT2D eigenvalue weighted by molar-refractivity contribution is -0.122. The van der Waals surface area contributed by atoms with E-state index in [9.17, 15) is 9.59 Å². The first-order valence-electron chi connectivity index (χ1n) is 6.94. The Morgan fingerprint density at radius 3 is 2.55 bits per heavy atom. The van der Waals surface area contributed by atoms with E-state index in [1.165, 1.54) is 10.9 Å². The third-order valence-electron chi connectivity index (χ3n) is 3.98. The molecule has 1 aromatic heterocycles. The summed E-state index contributed by atoms with van der Waals surface area (Å²) < 4.78 is 2.45. The summed E-state index contributed by atoms with van der Waals surface area (Å²) in [4.78, 5) is 23.4. The number of carbonyl (C=O) groups excluding carboxylic acids is 1.